The van der Waals surface area contributed by atoms with Crippen LogP contribution in [0.4, 0.5) is 5.69 Å². The Kier molecular flexibility index (Phi) is 6.36. The number of hydrogen-bond acceptors (Lipinski definition) is 6. The van der Waals surface area contributed by atoms with E-state index in [9.17, 15) is 9.59 Å². The van der Waals surface area contributed by atoms with E-state index in [0.717, 1.165) is 5.56 Å². The SMILES string of the molecule is COc1cc(NC(=O)C2CC(c3ccccc3)NN2)c(C(=O)N(C)C)cc1OC. The van der Waals surface area contributed by atoms with Gasteiger partial charge in [-0.2, -0.15) is 0 Å². The number of carbonyl (C=O) groups excluding carboxylic acids is 2. The van der Waals surface area contributed by atoms with Gasteiger partial charge in [-0.05, 0) is 18.1 Å². The maximum Gasteiger partial charge on any atom is 0.255 e. The maximum absolute atomic E-state index is 12.9. The van der Waals surface area contributed by atoms with E-state index in [4.69, 9.17) is 9.47 Å². The van der Waals surface area contributed by atoms with Crippen molar-refractivity contribution in [2.75, 3.05) is 33.6 Å². The van der Waals surface area contributed by atoms with E-state index < -0.39 is 6.04 Å². The van der Waals surface area contributed by atoms with Crippen molar-refractivity contribution in [3.8, 4) is 11.5 Å². The molecule has 1 aliphatic rings. The summed E-state index contributed by atoms with van der Waals surface area (Å²) >= 11 is 0. The fourth-order valence-corrected chi connectivity index (χ4v) is 3.25. The molecule has 154 valence electrons. The Hall–Kier alpha value is -3.10. The smallest absolute Gasteiger partial charge is 0.255 e. The zero-order valence-corrected chi connectivity index (χ0v) is 17.0. The number of nitrogens with zero attached hydrogens (tertiary/aromatic N) is 1. The average molecular weight is 398 g/mol. The summed E-state index contributed by atoms with van der Waals surface area (Å²) in [5.74, 6) is 0.357. The van der Waals surface area contributed by atoms with Crippen molar-refractivity contribution in [3.63, 3.8) is 0 Å². The van der Waals surface area contributed by atoms with Crippen LogP contribution >= 0.6 is 0 Å². The van der Waals surface area contributed by atoms with E-state index >= 15 is 0 Å². The topological polar surface area (TPSA) is 91.9 Å². The highest BCUT2D eigenvalue weighted by Crippen LogP contribution is 2.34. The highest BCUT2D eigenvalue weighted by Gasteiger charge is 2.31. The molecule has 0 radical (unpaired) electrons. The minimum absolute atomic E-state index is 0.0280. The van der Waals surface area contributed by atoms with Crippen molar-refractivity contribution < 1.29 is 19.1 Å². The van der Waals surface area contributed by atoms with Crippen molar-refractivity contribution >= 4 is 17.5 Å². The number of amides is 2. The summed E-state index contributed by atoms with van der Waals surface area (Å²) in [6, 6.07) is 12.7. The summed E-state index contributed by atoms with van der Waals surface area (Å²) in [6.07, 6.45) is 0.583. The fourth-order valence-electron chi connectivity index (χ4n) is 3.25. The first-order chi connectivity index (χ1) is 13.9. The van der Waals surface area contributed by atoms with Gasteiger partial charge in [-0.3, -0.25) is 9.59 Å². The lowest BCUT2D eigenvalue weighted by atomic mass is 10.0. The van der Waals surface area contributed by atoms with Crippen molar-refractivity contribution in [1.82, 2.24) is 15.8 Å². The lowest BCUT2D eigenvalue weighted by Crippen LogP contribution is -2.40. The molecule has 3 N–H and O–H groups in total. The number of anilines is 1. The first-order valence-corrected chi connectivity index (χ1v) is 9.29. The van der Waals surface area contributed by atoms with Crippen LogP contribution < -0.4 is 25.6 Å². The van der Waals surface area contributed by atoms with Crippen molar-refractivity contribution in [2.45, 2.75) is 18.5 Å². The molecular weight excluding hydrogens is 372 g/mol. The van der Waals surface area contributed by atoms with Crippen LogP contribution in [0.2, 0.25) is 0 Å². The number of rotatable bonds is 6. The first-order valence-electron chi connectivity index (χ1n) is 9.29. The lowest BCUT2D eigenvalue weighted by Gasteiger charge is -2.19. The Labute approximate surface area is 170 Å². The molecular formula is C21H26N4O4. The molecule has 1 fully saturated rings. The number of carbonyl (C=O) groups is 2. The van der Waals surface area contributed by atoms with E-state index in [2.05, 4.69) is 16.2 Å². The molecule has 1 saturated heterocycles. The van der Waals surface area contributed by atoms with E-state index in [0.29, 0.717) is 29.2 Å². The van der Waals surface area contributed by atoms with Gasteiger partial charge in [-0.25, -0.2) is 10.9 Å². The largest absolute Gasteiger partial charge is 0.493 e. The lowest BCUT2D eigenvalue weighted by molar-refractivity contribution is -0.117. The predicted molar refractivity (Wildman–Crippen MR) is 110 cm³/mol. The number of nitrogens with one attached hydrogen (secondary N) is 3. The number of hydrazine groups is 1. The zero-order valence-electron chi connectivity index (χ0n) is 17.0. The van der Waals surface area contributed by atoms with Gasteiger partial charge in [-0.15, -0.1) is 0 Å². The van der Waals surface area contributed by atoms with Crippen molar-refractivity contribution in [2.24, 2.45) is 0 Å². The van der Waals surface area contributed by atoms with Gasteiger partial charge in [0.15, 0.2) is 11.5 Å². The van der Waals surface area contributed by atoms with Crippen LogP contribution in [-0.4, -0.2) is 51.1 Å². The van der Waals surface area contributed by atoms with Crippen LogP contribution in [-0.2, 0) is 4.79 Å². The monoisotopic (exact) mass is 398 g/mol. The van der Waals surface area contributed by atoms with Crippen molar-refractivity contribution in [3.05, 3.63) is 53.6 Å². The van der Waals surface area contributed by atoms with E-state index in [1.54, 1.807) is 26.2 Å². The third kappa shape index (κ3) is 4.49. The second-order valence-corrected chi connectivity index (χ2v) is 6.98. The third-order valence-electron chi connectivity index (χ3n) is 4.84. The second kappa shape index (κ2) is 8.93. The normalized spacial score (nSPS) is 18.2. The quantitative estimate of drug-likeness (QED) is 0.689. The molecule has 2 amide bonds. The summed E-state index contributed by atoms with van der Waals surface area (Å²) in [5.41, 5.74) is 7.99. The molecule has 2 aromatic rings. The first kappa shape index (κ1) is 20.6. The molecule has 0 saturated carbocycles. The Balaban J connectivity index is 1.81. The molecule has 0 aromatic heterocycles. The minimum Gasteiger partial charge on any atom is -0.493 e. The Morgan fingerprint density at radius 1 is 1.03 bits per heavy atom. The van der Waals surface area contributed by atoms with Crippen LogP contribution in [0.15, 0.2) is 42.5 Å². The summed E-state index contributed by atoms with van der Waals surface area (Å²) in [5, 5.41) is 2.86. The van der Waals surface area contributed by atoms with Crippen LogP contribution in [0.25, 0.3) is 0 Å². The molecule has 1 aliphatic heterocycles. The standard InChI is InChI=1S/C21H26N4O4/c1-25(2)21(27)14-10-18(28-3)19(29-4)12-16(14)22-20(26)17-11-15(23-24-17)13-8-6-5-7-9-13/h5-10,12,15,17,23-24H,11H2,1-4H3,(H,22,26). The Morgan fingerprint density at radius 2 is 1.69 bits per heavy atom. The number of methoxy groups -OCH3 is 2. The summed E-state index contributed by atoms with van der Waals surface area (Å²) < 4.78 is 10.6. The highest BCUT2D eigenvalue weighted by molar-refractivity contribution is 6.05. The summed E-state index contributed by atoms with van der Waals surface area (Å²) in [6.45, 7) is 0. The average Bonchev–Trinajstić information content (AvgIpc) is 3.24. The van der Waals surface area contributed by atoms with E-state index in [1.807, 2.05) is 30.3 Å². The molecule has 8 nitrogen and oxygen atoms in total. The van der Waals surface area contributed by atoms with Gasteiger partial charge in [0.1, 0.15) is 6.04 Å². The molecule has 1 heterocycles. The Morgan fingerprint density at radius 3 is 2.31 bits per heavy atom. The zero-order chi connectivity index (χ0) is 21.0. The number of ether oxygens (including phenoxy) is 2. The Bertz CT molecular complexity index is 886. The van der Waals surface area contributed by atoms with Crippen LogP contribution in [0.3, 0.4) is 0 Å². The van der Waals surface area contributed by atoms with Gasteiger partial charge in [0, 0.05) is 26.2 Å². The van der Waals surface area contributed by atoms with Crippen molar-refractivity contribution in [1.29, 1.82) is 0 Å². The summed E-state index contributed by atoms with van der Waals surface area (Å²) in [4.78, 5) is 26.9. The maximum atomic E-state index is 12.9. The molecule has 0 spiro atoms. The van der Waals surface area contributed by atoms with Gasteiger partial charge in [-0.1, -0.05) is 30.3 Å². The minimum atomic E-state index is -0.449. The number of benzene rings is 2. The predicted octanol–water partition coefficient (Wildman–Crippen LogP) is 1.95. The fraction of sp³-hybridized carbons (Fsp3) is 0.333. The van der Waals surface area contributed by atoms with E-state index in [1.165, 1.54) is 19.1 Å². The van der Waals surface area contributed by atoms with E-state index in [-0.39, 0.29) is 17.9 Å². The molecule has 29 heavy (non-hydrogen) atoms. The van der Waals surface area contributed by atoms with Gasteiger partial charge < -0.3 is 19.7 Å². The van der Waals surface area contributed by atoms with Gasteiger partial charge >= 0.3 is 0 Å². The highest BCUT2D eigenvalue weighted by atomic mass is 16.5. The molecule has 8 heteroatoms. The number of hydrogen-bond donors (Lipinski definition) is 3. The third-order valence-corrected chi connectivity index (χ3v) is 4.84. The van der Waals surface area contributed by atoms with Gasteiger partial charge in [0.05, 0.1) is 25.5 Å². The molecule has 2 atom stereocenters. The van der Waals surface area contributed by atoms with Gasteiger partial charge in [0.25, 0.3) is 5.91 Å². The van der Waals surface area contributed by atoms with Crippen LogP contribution in [0, 0.1) is 0 Å². The molecule has 2 aromatic carbocycles. The molecule has 2 unspecified atom stereocenters. The molecule has 3 rings (SSSR count). The van der Waals surface area contributed by atoms with Crippen LogP contribution in [0.1, 0.15) is 28.4 Å². The van der Waals surface area contributed by atoms with Crippen LogP contribution in [0.5, 0.6) is 11.5 Å². The van der Waals surface area contributed by atoms with Gasteiger partial charge in [0.2, 0.25) is 5.91 Å². The summed E-state index contributed by atoms with van der Waals surface area (Å²) in [7, 11) is 6.30. The second-order valence-electron chi connectivity index (χ2n) is 6.98. The molecule has 0 bridgehead atoms. The molecule has 0 aliphatic carbocycles.